The van der Waals surface area contributed by atoms with Gasteiger partial charge in [0.15, 0.2) is 0 Å². The van der Waals surface area contributed by atoms with Crippen molar-refractivity contribution in [3.05, 3.63) is 64.9 Å². The first-order valence-electron chi connectivity index (χ1n) is 9.88. The first-order chi connectivity index (χ1) is 13.6. The average Bonchev–Trinajstić information content (AvgIpc) is 3.10. The Morgan fingerprint density at radius 3 is 2.43 bits per heavy atom. The highest BCUT2D eigenvalue weighted by atomic mass is 32.2. The Morgan fingerprint density at radius 2 is 1.71 bits per heavy atom. The zero-order chi connectivity index (χ0) is 19.4. The maximum atomic E-state index is 13.0. The molecule has 4 rings (SSSR count). The Hall–Kier alpha value is -1.73. The van der Waals surface area contributed by atoms with E-state index in [1.165, 1.54) is 31.2 Å². The van der Waals surface area contributed by atoms with Gasteiger partial charge in [-0.1, -0.05) is 43.2 Å². The number of hydrogen-bond acceptors (Lipinski definition) is 4. The normalized spacial score (nSPS) is 17.4. The highest BCUT2D eigenvalue weighted by Gasteiger charge is 2.24. The van der Waals surface area contributed by atoms with Crippen LogP contribution in [-0.2, 0) is 10.0 Å². The molecule has 1 atom stereocenters. The van der Waals surface area contributed by atoms with Crippen molar-refractivity contribution in [3.63, 3.8) is 0 Å². The maximum absolute atomic E-state index is 13.0. The summed E-state index contributed by atoms with van der Waals surface area (Å²) in [7, 11) is -3.56. The van der Waals surface area contributed by atoms with E-state index in [0.717, 1.165) is 23.9 Å². The van der Waals surface area contributed by atoms with E-state index in [2.05, 4.69) is 26.4 Å². The molecule has 0 radical (unpaired) electrons. The summed E-state index contributed by atoms with van der Waals surface area (Å²) in [6.07, 6.45) is 4.88. The number of sulfonamides is 1. The number of hydrogen-bond donors (Lipinski definition) is 1. The lowest BCUT2D eigenvalue weighted by Gasteiger charge is -2.30. The summed E-state index contributed by atoms with van der Waals surface area (Å²) in [5, 5.41) is 6.19. The lowest BCUT2D eigenvalue weighted by molar-refractivity contribution is 0.206. The van der Waals surface area contributed by atoms with Crippen molar-refractivity contribution in [3.8, 4) is 0 Å². The highest BCUT2D eigenvalue weighted by molar-refractivity contribution is 7.89. The van der Waals surface area contributed by atoms with E-state index in [1.54, 1.807) is 23.5 Å². The summed E-state index contributed by atoms with van der Waals surface area (Å²) in [6.45, 7) is 2.45. The fraction of sp³-hybridized carbons (Fsp3) is 0.364. The van der Waals surface area contributed by atoms with Crippen LogP contribution in [0.15, 0.2) is 64.2 Å². The summed E-state index contributed by atoms with van der Waals surface area (Å²) in [5.74, 6) is 0. The Labute approximate surface area is 171 Å². The number of rotatable bonds is 6. The van der Waals surface area contributed by atoms with Crippen LogP contribution in [0, 0.1) is 0 Å². The van der Waals surface area contributed by atoms with Gasteiger partial charge in [-0.2, -0.15) is 11.3 Å². The molecule has 0 aliphatic carbocycles. The summed E-state index contributed by atoms with van der Waals surface area (Å²) < 4.78 is 28.8. The Balaban J connectivity index is 1.54. The largest absolute Gasteiger partial charge is 0.295 e. The maximum Gasteiger partial charge on any atom is 0.240 e. The number of benzene rings is 2. The van der Waals surface area contributed by atoms with Crippen LogP contribution in [0.5, 0.6) is 0 Å². The van der Waals surface area contributed by atoms with E-state index in [1.807, 2.05) is 30.3 Å². The van der Waals surface area contributed by atoms with Crippen LogP contribution >= 0.6 is 11.3 Å². The molecule has 1 aliphatic heterocycles. The molecule has 0 saturated carbocycles. The molecular weight excluding hydrogens is 388 g/mol. The first kappa shape index (κ1) is 19.6. The van der Waals surface area contributed by atoms with Crippen LogP contribution in [0.25, 0.3) is 10.8 Å². The van der Waals surface area contributed by atoms with E-state index in [0.29, 0.717) is 11.4 Å². The van der Waals surface area contributed by atoms with Crippen LogP contribution in [0.1, 0.15) is 37.3 Å². The predicted molar refractivity (Wildman–Crippen MR) is 116 cm³/mol. The summed E-state index contributed by atoms with van der Waals surface area (Å²) in [6, 6.07) is 15.3. The molecule has 28 heavy (non-hydrogen) atoms. The minimum Gasteiger partial charge on any atom is -0.295 e. The monoisotopic (exact) mass is 414 g/mol. The van der Waals surface area contributed by atoms with E-state index in [4.69, 9.17) is 0 Å². The minimum absolute atomic E-state index is 0.0829. The minimum atomic E-state index is -3.56. The third-order valence-electron chi connectivity index (χ3n) is 5.51. The smallest absolute Gasteiger partial charge is 0.240 e. The Bertz CT molecular complexity index is 1010. The molecular formula is C22H26N2O2S2. The van der Waals surface area contributed by atoms with E-state index >= 15 is 0 Å². The van der Waals surface area contributed by atoms with Gasteiger partial charge in [-0.05, 0) is 71.2 Å². The van der Waals surface area contributed by atoms with Crippen molar-refractivity contribution in [2.45, 2.75) is 36.6 Å². The Kier molecular flexibility index (Phi) is 6.11. The molecule has 1 unspecified atom stereocenters. The standard InChI is InChI=1S/C22H26N2O2S2/c25-28(26,21-10-9-18-7-3-4-8-19(18)15-21)23-16-22(20-11-14-27-17-20)24-12-5-1-2-6-13-24/h3-4,7-11,14-15,17,22-23H,1-2,5-6,12-13,16H2. The van der Waals surface area contributed by atoms with Gasteiger partial charge in [0.1, 0.15) is 0 Å². The lowest BCUT2D eigenvalue weighted by Crippen LogP contribution is -2.38. The van der Waals surface area contributed by atoms with Crippen LogP contribution in [0.4, 0.5) is 0 Å². The number of nitrogens with zero attached hydrogens (tertiary/aromatic N) is 1. The van der Waals surface area contributed by atoms with Gasteiger partial charge in [-0.25, -0.2) is 13.1 Å². The second kappa shape index (κ2) is 8.74. The molecule has 1 aliphatic rings. The van der Waals surface area contributed by atoms with Gasteiger partial charge in [0.2, 0.25) is 10.0 Å². The molecule has 0 bridgehead atoms. The Morgan fingerprint density at radius 1 is 0.964 bits per heavy atom. The fourth-order valence-corrected chi connectivity index (χ4v) is 5.72. The molecule has 4 nitrogen and oxygen atoms in total. The van der Waals surface area contributed by atoms with Crippen molar-refractivity contribution in [2.24, 2.45) is 0 Å². The van der Waals surface area contributed by atoms with Crippen LogP contribution in [-0.4, -0.2) is 33.0 Å². The van der Waals surface area contributed by atoms with Crippen LogP contribution in [0.3, 0.4) is 0 Å². The van der Waals surface area contributed by atoms with E-state index in [-0.39, 0.29) is 6.04 Å². The molecule has 2 heterocycles. The molecule has 0 amide bonds. The lowest BCUT2D eigenvalue weighted by atomic mass is 10.1. The average molecular weight is 415 g/mol. The van der Waals surface area contributed by atoms with Crippen molar-refractivity contribution in [2.75, 3.05) is 19.6 Å². The zero-order valence-corrected chi connectivity index (χ0v) is 17.5. The molecule has 1 fully saturated rings. The van der Waals surface area contributed by atoms with E-state index < -0.39 is 10.0 Å². The second-order valence-corrected chi connectivity index (χ2v) is 9.93. The molecule has 148 valence electrons. The molecule has 1 aromatic heterocycles. The molecule has 3 aromatic rings. The van der Waals surface area contributed by atoms with Gasteiger partial charge in [0.05, 0.1) is 4.90 Å². The highest BCUT2D eigenvalue weighted by Crippen LogP contribution is 2.26. The number of thiophene rings is 1. The molecule has 2 aromatic carbocycles. The molecule has 0 spiro atoms. The van der Waals surface area contributed by atoms with Crippen LogP contribution in [0.2, 0.25) is 0 Å². The van der Waals surface area contributed by atoms with Gasteiger partial charge in [0, 0.05) is 12.6 Å². The predicted octanol–water partition coefficient (Wildman–Crippen LogP) is 4.80. The van der Waals surface area contributed by atoms with E-state index in [9.17, 15) is 8.42 Å². The van der Waals surface area contributed by atoms with Gasteiger partial charge in [-0.15, -0.1) is 0 Å². The number of likely N-dealkylation sites (tertiary alicyclic amines) is 1. The van der Waals surface area contributed by atoms with Gasteiger partial charge >= 0.3 is 0 Å². The quantitative estimate of drug-likeness (QED) is 0.630. The third-order valence-corrected chi connectivity index (χ3v) is 7.63. The first-order valence-corrected chi connectivity index (χ1v) is 12.3. The second-order valence-electron chi connectivity index (χ2n) is 7.38. The molecule has 1 N–H and O–H groups in total. The molecule has 1 saturated heterocycles. The van der Waals surface area contributed by atoms with Crippen molar-refractivity contribution in [1.82, 2.24) is 9.62 Å². The SMILES string of the molecule is O=S(=O)(NCC(c1ccsc1)N1CCCCCC1)c1ccc2ccccc2c1. The topological polar surface area (TPSA) is 49.4 Å². The number of nitrogens with one attached hydrogen (secondary N) is 1. The van der Waals surface area contributed by atoms with Gasteiger partial charge < -0.3 is 0 Å². The summed E-state index contributed by atoms with van der Waals surface area (Å²) >= 11 is 1.66. The van der Waals surface area contributed by atoms with Crippen molar-refractivity contribution >= 4 is 32.1 Å². The van der Waals surface area contributed by atoms with Crippen molar-refractivity contribution in [1.29, 1.82) is 0 Å². The summed E-state index contributed by atoms with van der Waals surface area (Å²) in [4.78, 5) is 2.77. The van der Waals surface area contributed by atoms with Crippen molar-refractivity contribution < 1.29 is 8.42 Å². The number of fused-ring (bicyclic) bond motifs is 1. The summed E-state index contributed by atoms with van der Waals surface area (Å²) in [5.41, 5.74) is 1.20. The van der Waals surface area contributed by atoms with Crippen LogP contribution < -0.4 is 4.72 Å². The van der Waals surface area contributed by atoms with Gasteiger partial charge in [-0.3, -0.25) is 4.90 Å². The third kappa shape index (κ3) is 4.46. The zero-order valence-electron chi connectivity index (χ0n) is 15.9. The molecule has 6 heteroatoms. The van der Waals surface area contributed by atoms with Gasteiger partial charge in [0.25, 0.3) is 0 Å². The fourth-order valence-electron chi connectivity index (χ4n) is 3.94.